The number of carbonyl (C=O) groups is 2. The van der Waals surface area contributed by atoms with Crippen LogP contribution in [0.3, 0.4) is 0 Å². The van der Waals surface area contributed by atoms with Crippen LogP contribution in [0, 0.1) is 11.3 Å². The van der Waals surface area contributed by atoms with Crippen molar-refractivity contribution in [3.63, 3.8) is 0 Å². The number of nitrogens with one attached hydrogen (secondary N) is 1. The van der Waals surface area contributed by atoms with Crippen LogP contribution in [0.15, 0.2) is 12.4 Å². The van der Waals surface area contributed by atoms with E-state index in [-0.39, 0.29) is 11.8 Å². The number of amides is 2. The van der Waals surface area contributed by atoms with E-state index in [4.69, 9.17) is 4.74 Å². The van der Waals surface area contributed by atoms with Crippen molar-refractivity contribution in [3.8, 4) is 0 Å². The fourth-order valence-electron chi connectivity index (χ4n) is 5.75. The van der Waals surface area contributed by atoms with Crippen LogP contribution < -0.4 is 5.32 Å². The standard InChI is InChI=1S/C23H37N5O3/c1-3-7-28-16-19(15-25-28)14-24-22(30)23-6-4-21(26-9-11-31-12-10-26)13-20(23)5-8-27(17-23)18(2)29/h15-16,20-21H,3-14,17H2,1-2H3,(H,24,30)/t20-,21-,23-/m1/s1. The van der Waals surface area contributed by atoms with Crippen LogP contribution in [0.25, 0.3) is 0 Å². The van der Waals surface area contributed by atoms with Crippen molar-refractivity contribution in [2.24, 2.45) is 11.3 Å². The summed E-state index contributed by atoms with van der Waals surface area (Å²) in [7, 11) is 0. The Balaban J connectivity index is 1.46. The fraction of sp³-hybridized carbons (Fsp3) is 0.783. The Morgan fingerprint density at radius 2 is 2.06 bits per heavy atom. The molecule has 4 rings (SSSR count). The maximum atomic E-state index is 13.6. The van der Waals surface area contributed by atoms with Crippen molar-refractivity contribution < 1.29 is 14.3 Å². The molecule has 0 aromatic carbocycles. The minimum absolute atomic E-state index is 0.0711. The normalized spacial score (nSPS) is 29.4. The average Bonchev–Trinajstić information content (AvgIpc) is 3.24. The van der Waals surface area contributed by atoms with Crippen LogP contribution in [-0.2, 0) is 27.4 Å². The number of fused-ring (bicyclic) bond motifs is 1. The number of rotatable bonds is 6. The number of hydrogen-bond acceptors (Lipinski definition) is 5. The number of nitrogens with zero attached hydrogens (tertiary/aromatic N) is 4. The van der Waals surface area contributed by atoms with Gasteiger partial charge < -0.3 is 15.0 Å². The Labute approximate surface area is 185 Å². The molecule has 8 heteroatoms. The van der Waals surface area contributed by atoms with Crippen molar-refractivity contribution in [2.75, 3.05) is 39.4 Å². The lowest BCUT2D eigenvalue weighted by Gasteiger charge is -2.53. The monoisotopic (exact) mass is 431 g/mol. The molecule has 0 bridgehead atoms. The predicted octanol–water partition coefficient (Wildman–Crippen LogP) is 1.65. The van der Waals surface area contributed by atoms with E-state index in [2.05, 4.69) is 22.2 Å². The predicted molar refractivity (Wildman–Crippen MR) is 117 cm³/mol. The van der Waals surface area contributed by atoms with Gasteiger partial charge in [-0.1, -0.05) is 6.92 Å². The van der Waals surface area contributed by atoms with Gasteiger partial charge in [0, 0.05) is 64.0 Å². The minimum atomic E-state index is -0.480. The third-order valence-corrected chi connectivity index (χ3v) is 7.53. The molecule has 1 aliphatic carbocycles. The largest absolute Gasteiger partial charge is 0.379 e. The number of aromatic nitrogens is 2. The molecule has 1 N–H and O–H groups in total. The topological polar surface area (TPSA) is 79.7 Å². The van der Waals surface area contributed by atoms with Crippen LogP contribution >= 0.6 is 0 Å². The molecular weight excluding hydrogens is 394 g/mol. The van der Waals surface area contributed by atoms with E-state index in [0.29, 0.717) is 25.0 Å². The molecule has 2 amide bonds. The number of carbonyl (C=O) groups excluding carboxylic acids is 2. The Kier molecular flexibility index (Phi) is 6.96. The van der Waals surface area contributed by atoms with Crippen molar-refractivity contribution in [2.45, 2.75) is 65.1 Å². The first-order chi connectivity index (χ1) is 15.0. The zero-order chi connectivity index (χ0) is 21.8. The molecular formula is C23H37N5O3. The summed E-state index contributed by atoms with van der Waals surface area (Å²) in [4.78, 5) is 30.2. The van der Waals surface area contributed by atoms with Crippen LogP contribution in [0.2, 0.25) is 0 Å². The van der Waals surface area contributed by atoms with Crippen molar-refractivity contribution in [1.29, 1.82) is 0 Å². The van der Waals surface area contributed by atoms with Gasteiger partial charge in [-0.25, -0.2) is 0 Å². The van der Waals surface area contributed by atoms with E-state index >= 15 is 0 Å². The van der Waals surface area contributed by atoms with Gasteiger partial charge in [-0.15, -0.1) is 0 Å². The lowest BCUT2D eigenvalue weighted by molar-refractivity contribution is -0.150. The molecule has 31 heavy (non-hydrogen) atoms. The summed E-state index contributed by atoms with van der Waals surface area (Å²) in [6.07, 6.45) is 8.66. The Morgan fingerprint density at radius 1 is 1.26 bits per heavy atom. The van der Waals surface area contributed by atoms with Gasteiger partial charge in [-0.05, 0) is 38.0 Å². The van der Waals surface area contributed by atoms with Crippen molar-refractivity contribution in [3.05, 3.63) is 18.0 Å². The molecule has 3 heterocycles. The Morgan fingerprint density at radius 3 is 2.81 bits per heavy atom. The zero-order valence-electron chi connectivity index (χ0n) is 19.0. The fourth-order valence-corrected chi connectivity index (χ4v) is 5.75. The molecule has 1 aromatic rings. The number of piperidine rings is 1. The molecule has 3 aliphatic rings. The SMILES string of the molecule is CCCn1cc(CNC(=O)[C@@]23CC[C@@H](N4CCOCC4)C[C@H]2CCN(C(C)=O)C3)cn1. The van der Waals surface area contributed by atoms with Crippen LogP contribution in [-0.4, -0.2) is 76.8 Å². The van der Waals surface area contributed by atoms with Crippen LogP contribution in [0.4, 0.5) is 0 Å². The second-order valence-corrected chi connectivity index (χ2v) is 9.45. The third kappa shape index (κ3) is 4.80. The quantitative estimate of drug-likeness (QED) is 0.741. The molecule has 3 fully saturated rings. The highest BCUT2D eigenvalue weighted by Crippen LogP contribution is 2.48. The second kappa shape index (κ2) is 9.69. The van der Waals surface area contributed by atoms with Gasteiger partial charge in [0.25, 0.3) is 0 Å². The number of morpholine rings is 1. The van der Waals surface area contributed by atoms with Crippen LogP contribution in [0.5, 0.6) is 0 Å². The van der Waals surface area contributed by atoms with Gasteiger partial charge in [-0.3, -0.25) is 19.2 Å². The Hall–Kier alpha value is -1.93. The molecule has 8 nitrogen and oxygen atoms in total. The van der Waals surface area contributed by atoms with E-state index in [9.17, 15) is 9.59 Å². The summed E-state index contributed by atoms with van der Waals surface area (Å²) in [5, 5.41) is 7.57. The summed E-state index contributed by atoms with van der Waals surface area (Å²) < 4.78 is 7.45. The maximum absolute atomic E-state index is 13.6. The summed E-state index contributed by atoms with van der Waals surface area (Å²) in [5.74, 6) is 0.487. The van der Waals surface area contributed by atoms with E-state index in [1.54, 1.807) is 6.92 Å². The van der Waals surface area contributed by atoms with E-state index < -0.39 is 5.41 Å². The van der Waals surface area contributed by atoms with Crippen molar-refractivity contribution in [1.82, 2.24) is 24.9 Å². The molecule has 0 spiro atoms. The van der Waals surface area contributed by atoms with Gasteiger partial charge in [0.05, 0.1) is 24.8 Å². The molecule has 1 saturated carbocycles. The van der Waals surface area contributed by atoms with E-state index in [1.807, 2.05) is 22.0 Å². The molecule has 0 unspecified atom stereocenters. The Bertz CT molecular complexity index is 775. The second-order valence-electron chi connectivity index (χ2n) is 9.45. The molecule has 0 radical (unpaired) electrons. The first-order valence-electron chi connectivity index (χ1n) is 11.9. The molecule has 172 valence electrons. The van der Waals surface area contributed by atoms with Crippen molar-refractivity contribution >= 4 is 11.8 Å². The molecule has 2 saturated heterocycles. The lowest BCUT2D eigenvalue weighted by atomic mass is 9.61. The van der Waals surface area contributed by atoms with Gasteiger partial charge in [-0.2, -0.15) is 5.10 Å². The first-order valence-corrected chi connectivity index (χ1v) is 11.9. The van der Waals surface area contributed by atoms with Gasteiger partial charge in [0.1, 0.15) is 0 Å². The highest BCUT2D eigenvalue weighted by atomic mass is 16.5. The number of ether oxygens (including phenoxy) is 1. The summed E-state index contributed by atoms with van der Waals surface area (Å²) in [5.41, 5.74) is 0.544. The maximum Gasteiger partial charge on any atom is 0.228 e. The lowest BCUT2D eigenvalue weighted by Crippen LogP contribution is -2.61. The van der Waals surface area contributed by atoms with Gasteiger partial charge >= 0.3 is 0 Å². The third-order valence-electron chi connectivity index (χ3n) is 7.53. The number of aryl methyl sites for hydroxylation is 1. The van der Waals surface area contributed by atoms with E-state index in [0.717, 1.165) is 77.1 Å². The highest BCUT2D eigenvalue weighted by molar-refractivity contribution is 5.85. The minimum Gasteiger partial charge on any atom is -0.379 e. The number of likely N-dealkylation sites (tertiary alicyclic amines) is 1. The summed E-state index contributed by atoms with van der Waals surface area (Å²) in [6.45, 7) is 9.99. The van der Waals surface area contributed by atoms with Gasteiger partial charge in [0.2, 0.25) is 11.8 Å². The summed E-state index contributed by atoms with van der Waals surface area (Å²) >= 11 is 0. The van der Waals surface area contributed by atoms with Gasteiger partial charge in [0.15, 0.2) is 0 Å². The zero-order valence-corrected chi connectivity index (χ0v) is 19.0. The molecule has 2 aliphatic heterocycles. The summed E-state index contributed by atoms with van der Waals surface area (Å²) in [6, 6.07) is 0.519. The van der Waals surface area contributed by atoms with E-state index in [1.165, 1.54) is 0 Å². The smallest absolute Gasteiger partial charge is 0.228 e. The number of hydrogen-bond donors (Lipinski definition) is 1. The van der Waals surface area contributed by atoms with Crippen LogP contribution in [0.1, 0.15) is 51.5 Å². The highest BCUT2D eigenvalue weighted by Gasteiger charge is 2.53. The first kappa shape index (κ1) is 22.3. The average molecular weight is 432 g/mol. The molecule has 1 aromatic heterocycles. The molecule has 3 atom stereocenters.